The van der Waals surface area contributed by atoms with Gasteiger partial charge in [0.05, 0.1) is 0 Å². The molecule has 2 rings (SSSR count). The van der Waals surface area contributed by atoms with Gasteiger partial charge in [-0.1, -0.05) is 39.3 Å². The van der Waals surface area contributed by atoms with Gasteiger partial charge >= 0.3 is 0 Å². The SMILES string of the molecule is N/C(=N/O)c1nccnc1OCc1ccccc1Br. The summed E-state index contributed by atoms with van der Waals surface area (Å²) in [6.07, 6.45) is 2.92. The van der Waals surface area contributed by atoms with Crippen LogP contribution in [0, 0.1) is 0 Å². The lowest BCUT2D eigenvalue weighted by atomic mass is 10.2. The van der Waals surface area contributed by atoms with Crippen LogP contribution >= 0.6 is 15.9 Å². The van der Waals surface area contributed by atoms with Crippen LogP contribution < -0.4 is 10.5 Å². The van der Waals surface area contributed by atoms with Gasteiger partial charge in [-0.2, -0.15) is 0 Å². The molecule has 6 nitrogen and oxygen atoms in total. The molecule has 0 saturated carbocycles. The zero-order valence-electron chi connectivity index (χ0n) is 9.82. The largest absolute Gasteiger partial charge is 0.471 e. The van der Waals surface area contributed by atoms with Gasteiger partial charge in [0.25, 0.3) is 0 Å². The number of halogens is 1. The average molecular weight is 323 g/mol. The lowest BCUT2D eigenvalue weighted by molar-refractivity contribution is 0.289. The minimum absolute atomic E-state index is 0.143. The van der Waals surface area contributed by atoms with Crippen LogP contribution in [0.4, 0.5) is 0 Å². The molecule has 0 fully saturated rings. The Morgan fingerprint density at radius 3 is 2.79 bits per heavy atom. The number of hydrogen-bond donors (Lipinski definition) is 2. The van der Waals surface area contributed by atoms with Crippen LogP contribution in [0.25, 0.3) is 0 Å². The Morgan fingerprint density at radius 2 is 2.05 bits per heavy atom. The van der Waals surface area contributed by atoms with Gasteiger partial charge < -0.3 is 15.7 Å². The molecule has 2 aromatic rings. The van der Waals surface area contributed by atoms with E-state index in [1.807, 2.05) is 24.3 Å². The van der Waals surface area contributed by atoms with E-state index in [0.29, 0.717) is 6.61 Å². The highest BCUT2D eigenvalue weighted by atomic mass is 79.9. The molecular formula is C12H11BrN4O2. The second-order valence-electron chi connectivity index (χ2n) is 3.58. The maximum absolute atomic E-state index is 8.67. The van der Waals surface area contributed by atoms with Crippen molar-refractivity contribution in [1.29, 1.82) is 0 Å². The number of amidine groups is 1. The summed E-state index contributed by atoms with van der Waals surface area (Å²) in [5.41, 5.74) is 6.66. The third kappa shape index (κ3) is 3.19. The van der Waals surface area contributed by atoms with Crippen LogP contribution in [-0.4, -0.2) is 21.0 Å². The number of ether oxygens (including phenoxy) is 1. The standard InChI is InChI=1S/C12H11BrN4O2/c13-9-4-2-1-3-8(9)7-19-12-10(11(14)17-18)15-5-6-16-12/h1-6,18H,7H2,(H2,14,17). The highest BCUT2D eigenvalue weighted by Crippen LogP contribution is 2.19. The van der Waals surface area contributed by atoms with Gasteiger partial charge in [0.15, 0.2) is 11.5 Å². The summed E-state index contributed by atoms with van der Waals surface area (Å²) < 4.78 is 6.49. The van der Waals surface area contributed by atoms with Crippen molar-refractivity contribution in [2.24, 2.45) is 10.9 Å². The number of benzene rings is 1. The van der Waals surface area contributed by atoms with Gasteiger partial charge in [0, 0.05) is 22.4 Å². The maximum Gasteiger partial charge on any atom is 0.244 e. The molecule has 0 bridgehead atoms. The lowest BCUT2D eigenvalue weighted by Gasteiger charge is -2.09. The number of nitrogens with two attached hydrogens (primary N) is 1. The zero-order chi connectivity index (χ0) is 13.7. The molecule has 0 atom stereocenters. The summed E-state index contributed by atoms with van der Waals surface area (Å²) in [5.74, 6) is 0.0729. The molecule has 0 amide bonds. The Kier molecular flexibility index (Phi) is 4.30. The van der Waals surface area contributed by atoms with Crippen LogP contribution in [0.3, 0.4) is 0 Å². The monoisotopic (exact) mass is 322 g/mol. The highest BCUT2D eigenvalue weighted by molar-refractivity contribution is 9.10. The molecule has 7 heteroatoms. The van der Waals surface area contributed by atoms with Crippen molar-refractivity contribution in [3.63, 3.8) is 0 Å². The number of nitrogens with zero attached hydrogens (tertiary/aromatic N) is 3. The van der Waals surface area contributed by atoms with E-state index in [1.54, 1.807) is 0 Å². The first-order chi connectivity index (χ1) is 9.22. The van der Waals surface area contributed by atoms with E-state index in [-0.39, 0.29) is 17.4 Å². The minimum Gasteiger partial charge on any atom is -0.471 e. The lowest BCUT2D eigenvalue weighted by Crippen LogP contribution is -2.17. The third-order valence-corrected chi connectivity index (χ3v) is 3.11. The molecule has 98 valence electrons. The highest BCUT2D eigenvalue weighted by Gasteiger charge is 2.11. The van der Waals surface area contributed by atoms with Crippen LogP contribution in [0.15, 0.2) is 46.3 Å². The topological polar surface area (TPSA) is 93.6 Å². The number of rotatable bonds is 4. The fourth-order valence-electron chi connectivity index (χ4n) is 1.42. The summed E-state index contributed by atoms with van der Waals surface area (Å²) >= 11 is 3.43. The summed E-state index contributed by atoms with van der Waals surface area (Å²) in [7, 11) is 0. The van der Waals surface area contributed by atoms with E-state index < -0.39 is 0 Å². The van der Waals surface area contributed by atoms with Gasteiger partial charge in [-0.3, -0.25) is 0 Å². The minimum atomic E-state index is -0.143. The Balaban J connectivity index is 2.19. The van der Waals surface area contributed by atoms with Gasteiger partial charge in [-0.25, -0.2) is 9.97 Å². The third-order valence-electron chi connectivity index (χ3n) is 2.34. The van der Waals surface area contributed by atoms with E-state index in [2.05, 4.69) is 31.1 Å². The molecule has 0 unspecified atom stereocenters. The number of hydrogen-bond acceptors (Lipinski definition) is 5. The summed E-state index contributed by atoms with van der Waals surface area (Å²) in [6, 6.07) is 7.66. The van der Waals surface area contributed by atoms with Crippen molar-refractivity contribution >= 4 is 21.8 Å². The fraction of sp³-hybridized carbons (Fsp3) is 0.0833. The number of aromatic nitrogens is 2. The number of oxime groups is 1. The van der Waals surface area contributed by atoms with E-state index in [0.717, 1.165) is 10.0 Å². The van der Waals surface area contributed by atoms with E-state index >= 15 is 0 Å². The zero-order valence-corrected chi connectivity index (χ0v) is 11.4. The summed E-state index contributed by atoms with van der Waals surface area (Å²) in [6.45, 7) is 0.297. The molecule has 3 N–H and O–H groups in total. The normalized spacial score (nSPS) is 11.3. The van der Waals surface area contributed by atoms with Crippen molar-refractivity contribution in [3.8, 4) is 5.88 Å². The molecule has 0 aliphatic heterocycles. The van der Waals surface area contributed by atoms with Crippen LogP contribution in [0.2, 0.25) is 0 Å². The van der Waals surface area contributed by atoms with Gasteiger partial charge in [0.1, 0.15) is 6.61 Å². The quantitative estimate of drug-likeness (QED) is 0.388. The first-order valence-electron chi connectivity index (χ1n) is 5.37. The van der Waals surface area contributed by atoms with E-state index in [4.69, 9.17) is 15.7 Å². The molecule has 19 heavy (non-hydrogen) atoms. The van der Waals surface area contributed by atoms with E-state index in [1.165, 1.54) is 12.4 Å². The molecule has 0 radical (unpaired) electrons. The van der Waals surface area contributed by atoms with Gasteiger partial charge in [-0.15, -0.1) is 0 Å². The van der Waals surface area contributed by atoms with Gasteiger partial charge in [-0.05, 0) is 6.07 Å². The Hall–Kier alpha value is -2.15. The average Bonchev–Trinajstić information content (AvgIpc) is 2.46. The second kappa shape index (κ2) is 6.14. The van der Waals surface area contributed by atoms with E-state index in [9.17, 15) is 0 Å². The molecule has 1 aromatic carbocycles. The van der Waals surface area contributed by atoms with Crippen LogP contribution in [0.5, 0.6) is 5.88 Å². The molecular weight excluding hydrogens is 312 g/mol. The van der Waals surface area contributed by atoms with Crippen molar-refractivity contribution in [1.82, 2.24) is 9.97 Å². The van der Waals surface area contributed by atoms with Crippen LogP contribution in [0.1, 0.15) is 11.3 Å². The van der Waals surface area contributed by atoms with Gasteiger partial charge in [0.2, 0.25) is 5.88 Å². The molecule has 0 aliphatic carbocycles. The smallest absolute Gasteiger partial charge is 0.244 e. The summed E-state index contributed by atoms with van der Waals surface area (Å²) in [5, 5.41) is 11.6. The van der Waals surface area contributed by atoms with Crippen molar-refractivity contribution in [3.05, 3.63) is 52.4 Å². The molecule has 1 heterocycles. The summed E-state index contributed by atoms with van der Waals surface area (Å²) in [4.78, 5) is 7.99. The predicted octanol–water partition coefficient (Wildman–Crippen LogP) is 1.91. The first kappa shape index (κ1) is 13.3. The Bertz CT molecular complexity index is 604. The molecule has 0 spiro atoms. The van der Waals surface area contributed by atoms with Crippen molar-refractivity contribution in [2.75, 3.05) is 0 Å². The molecule has 1 aromatic heterocycles. The molecule has 0 saturated heterocycles. The molecule has 0 aliphatic rings. The Morgan fingerprint density at radius 1 is 1.32 bits per heavy atom. The van der Waals surface area contributed by atoms with Crippen LogP contribution in [-0.2, 0) is 6.61 Å². The fourth-order valence-corrected chi connectivity index (χ4v) is 1.81. The maximum atomic E-state index is 8.67. The Labute approximate surface area is 118 Å². The second-order valence-corrected chi connectivity index (χ2v) is 4.43. The predicted molar refractivity (Wildman–Crippen MR) is 73.0 cm³/mol. The van der Waals surface area contributed by atoms with Crippen molar-refractivity contribution in [2.45, 2.75) is 6.61 Å². The van der Waals surface area contributed by atoms with Crippen molar-refractivity contribution < 1.29 is 9.94 Å². The first-order valence-corrected chi connectivity index (χ1v) is 6.16.